The summed E-state index contributed by atoms with van der Waals surface area (Å²) >= 11 is 0. The highest BCUT2D eigenvalue weighted by molar-refractivity contribution is 7.92. The van der Waals surface area contributed by atoms with E-state index in [0.29, 0.717) is 15.8 Å². The Kier molecular flexibility index (Phi) is 4.60. The van der Waals surface area contributed by atoms with Gasteiger partial charge in [-0.25, -0.2) is 8.42 Å². The largest absolute Gasteiger partial charge is 0.548 e. The summed E-state index contributed by atoms with van der Waals surface area (Å²) in [5.74, 6) is -0.791. The van der Waals surface area contributed by atoms with Crippen LogP contribution in [0.1, 0.15) is 0 Å². The number of ether oxygens (including phenoxy) is 2. The van der Waals surface area contributed by atoms with Crippen molar-refractivity contribution in [3.8, 4) is 11.5 Å². The predicted octanol–water partition coefficient (Wildman–Crippen LogP) is -0.780. The summed E-state index contributed by atoms with van der Waals surface area (Å²) in [5, 5.41) is 10.6. The van der Waals surface area contributed by atoms with E-state index in [0.717, 1.165) is 6.26 Å². The first kappa shape index (κ1) is 15.1. The second-order valence-electron chi connectivity index (χ2n) is 3.68. The summed E-state index contributed by atoms with van der Waals surface area (Å²) in [7, 11) is -0.910. The average Bonchev–Trinajstić information content (AvgIpc) is 2.33. The first-order chi connectivity index (χ1) is 8.79. The minimum atomic E-state index is -3.74. The molecule has 0 N–H and O–H groups in total. The number of nitrogens with zero attached hydrogens (tertiary/aromatic N) is 1. The third-order valence-electron chi connectivity index (χ3n) is 2.33. The van der Waals surface area contributed by atoms with Gasteiger partial charge in [-0.1, -0.05) is 0 Å². The summed E-state index contributed by atoms with van der Waals surface area (Å²) in [6, 6.07) is 4.29. The lowest BCUT2D eigenvalue weighted by Crippen LogP contribution is -2.41. The lowest BCUT2D eigenvalue weighted by atomic mass is 10.2. The van der Waals surface area contributed by atoms with Gasteiger partial charge in [0.1, 0.15) is 0 Å². The van der Waals surface area contributed by atoms with Gasteiger partial charge in [-0.05, 0) is 12.1 Å². The fourth-order valence-electron chi connectivity index (χ4n) is 1.50. The van der Waals surface area contributed by atoms with Crippen molar-refractivity contribution in [2.45, 2.75) is 0 Å². The van der Waals surface area contributed by atoms with Gasteiger partial charge in [0, 0.05) is 6.07 Å². The summed E-state index contributed by atoms with van der Waals surface area (Å²) in [4.78, 5) is 10.6. The Morgan fingerprint density at radius 2 is 1.84 bits per heavy atom. The lowest BCUT2D eigenvalue weighted by molar-refractivity contribution is -0.303. The number of methoxy groups -OCH3 is 2. The van der Waals surface area contributed by atoms with Crippen LogP contribution in [0.15, 0.2) is 18.2 Å². The van der Waals surface area contributed by atoms with Crippen molar-refractivity contribution in [1.29, 1.82) is 0 Å². The molecule has 0 aliphatic rings. The highest BCUT2D eigenvalue weighted by Gasteiger charge is 2.19. The lowest BCUT2D eigenvalue weighted by Gasteiger charge is -2.23. The zero-order chi connectivity index (χ0) is 14.6. The Hall–Kier alpha value is -1.96. The molecule has 1 aromatic carbocycles. The van der Waals surface area contributed by atoms with Gasteiger partial charge in [-0.3, -0.25) is 4.31 Å². The normalized spacial score (nSPS) is 10.9. The quantitative estimate of drug-likeness (QED) is 0.681. The third kappa shape index (κ3) is 3.75. The van der Waals surface area contributed by atoms with Crippen LogP contribution >= 0.6 is 0 Å². The van der Waals surface area contributed by atoms with Crippen LogP contribution in [0.25, 0.3) is 0 Å². The topological polar surface area (TPSA) is 96.0 Å². The summed E-state index contributed by atoms with van der Waals surface area (Å²) < 4.78 is 33.9. The molecule has 0 saturated carbocycles. The molecule has 106 valence electrons. The molecule has 0 radical (unpaired) electrons. The van der Waals surface area contributed by atoms with Crippen molar-refractivity contribution >= 4 is 21.7 Å². The molecule has 0 atom stereocenters. The van der Waals surface area contributed by atoms with Gasteiger partial charge in [-0.2, -0.15) is 0 Å². The molecule has 1 aromatic rings. The van der Waals surface area contributed by atoms with E-state index in [1.807, 2.05) is 0 Å². The average molecular weight is 288 g/mol. The van der Waals surface area contributed by atoms with Crippen molar-refractivity contribution in [3.63, 3.8) is 0 Å². The number of hydrogen-bond acceptors (Lipinski definition) is 6. The van der Waals surface area contributed by atoms with Gasteiger partial charge < -0.3 is 19.4 Å². The molecule has 0 spiro atoms. The third-order valence-corrected chi connectivity index (χ3v) is 3.47. The fraction of sp³-hybridized carbons (Fsp3) is 0.364. The van der Waals surface area contributed by atoms with Crippen LogP contribution in [0.4, 0.5) is 5.69 Å². The Bertz CT molecular complexity index is 569. The molecule has 0 aliphatic heterocycles. The maximum Gasteiger partial charge on any atom is 0.232 e. The molecule has 0 amide bonds. The van der Waals surface area contributed by atoms with Crippen LogP contribution < -0.4 is 18.9 Å². The van der Waals surface area contributed by atoms with Crippen LogP contribution in [-0.4, -0.2) is 41.4 Å². The summed E-state index contributed by atoms with van der Waals surface area (Å²) in [6.07, 6.45) is 0.909. The molecule has 19 heavy (non-hydrogen) atoms. The standard InChI is InChI=1S/C11H15NO6S/c1-17-9-5-4-8(6-10(9)18-2)12(7-11(13)14)19(3,15)16/h4-6H,7H2,1-3H3,(H,13,14)/p-1. The van der Waals surface area contributed by atoms with E-state index in [2.05, 4.69) is 0 Å². The second-order valence-corrected chi connectivity index (χ2v) is 5.59. The smallest absolute Gasteiger partial charge is 0.232 e. The highest BCUT2D eigenvalue weighted by Crippen LogP contribution is 2.32. The van der Waals surface area contributed by atoms with Crippen LogP contribution in [0.3, 0.4) is 0 Å². The molecule has 1 rings (SSSR count). The second kappa shape index (κ2) is 5.79. The number of carboxylic acid groups (broad SMARTS) is 1. The van der Waals surface area contributed by atoms with Crippen molar-refractivity contribution in [1.82, 2.24) is 0 Å². The molecule has 0 saturated heterocycles. The van der Waals surface area contributed by atoms with Gasteiger partial charge >= 0.3 is 0 Å². The minimum absolute atomic E-state index is 0.157. The number of sulfonamides is 1. The molecule has 0 aromatic heterocycles. The van der Waals surface area contributed by atoms with Crippen LogP contribution in [0.2, 0.25) is 0 Å². The number of carboxylic acids is 1. The first-order valence-corrected chi connectivity index (χ1v) is 7.04. The summed E-state index contributed by atoms with van der Waals surface area (Å²) in [5.41, 5.74) is 0.157. The Labute approximate surface area is 111 Å². The molecule has 8 heteroatoms. The van der Waals surface area contributed by atoms with Crippen LogP contribution in [0.5, 0.6) is 11.5 Å². The SMILES string of the molecule is COc1ccc(N(CC(=O)[O-])S(C)(=O)=O)cc1OC. The van der Waals surface area contributed by atoms with Gasteiger partial charge in [-0.15, -0.1) is 0 Å². The van der Waals surface area contributed by atoms with E-state index in [4.69, 9.17) is 9.47 Å². The van der Waals surface area contributed by atoms with Crippen molar-refractivity contribution in [3.05, 3.63) is 18.2 Å². The number of benzene rings is 1. The summed E-state index contributed by atoms with van der Waals surface area (Å²) in [6.45, 7) is -0.770. The minimum Gasteiger partial charge on any atom is -0.548 e. The Balaban J connectivity index is 3.27. The van der Waals surface area contributed by atoms with E-state index in [-0.39, 0.29) is 5.69 Å². The van der Waals surface area contributed by atoms with Crippen LogP contribution in [0, 0.1) is 0 Å². The van der Waals surface area contributed by atoms with E-state index < -0.39 is 22.5 Å². The van der Waals surface area contributed by atoms with Crippen LogP contribution in [-0.2, 0) is 14.8 Å². The molecule has 0 aliphatic carbocycles. The van der Waals surface area contributed by atoms with E-state index in [1.165, 1.54) is 32.4 Å². The molecule has 0 unspecified atom stereocenters. The van der Waals surface area contributed by atoms with Crippen molar-refractivity contribution < 1.29 is 27.8 Å². The maximum absolute atomic E-state index is 11.6. The van der Waals surface area contributed by atoms with E-state index in [1.54, 1.807) is 0 Å². The number of aliphatic carboxylic acids is 1. The fourth-order valence-corrected chi connectivity index (χ4v) is 2.33. The molecule has 0 heterocycles. The van der Waals surface area contributed by atoms with Gasteiger partial charge in [0.2, 0.25) is 10.0 Å². The highest BCUT2D eigenvalue weighted by atomic mass is 32.2. The first-order valence-electron chi connectivity index (χ1n) is 5.19. The molecular weight excluding hydrogens is 274 g/mol. The van der Waals surface area contributed by atoms with Gasteiger partial charge in [0.15, 0.2) is 11.5 Å². The number of hydrogen-bond donors (Lipinski definition) is 0. The van der Waals surface area contributed by atoms with Gasteiger partial charge in [0.25, 0.3) is 0 Å². The molecule has 0 bridgehead atoms. The Morgan fingerprint density at radius 1 is 1.26 bits per heavy atom. The zero-order valence-electron chi connectivity index (χ0n) is 10.7. The number of anilines is 1. The van der Waals surface area contributed by atoms with Crippen molar-refractivity contribution in [2.24, 2.45) is 0 Å². The van der Waals surface area contributed by atoms with Crippen molar-refractivity contribution in [2.75, 3.05) is 31.3 Å². The van der Waals surface area contributed by atoms with E-state index >= 15 is 0 Å². The predicted molar refractivity (Wildman–Crippen MR) is 66.7 cm³/mol. The number of rotatable bonds is 6. The van der Waals surface area contributed by atoms with Gasteiger partial charge in [0.05, 0.1) is 38.7 Å². The molecule has 0 fully saturated rings. The monoisotopic (exact) mass is 288 g/mol. The Morgan fingerprint density at radius 3 is 2.26 bits per heavy atom. The zero-order valence-corrected chi connectivity index (χ0v) is 11.6. The number of carbonyl (C=O) groups excluding carboxylic acids is 1. The number of carbonyl (C=O) groups is 1. The van der Waals surface area contributed by atoms with E-state index in [9.17, 15) is 18.3 Å². The molecule has 7 nitrogen and oxygen atoms in total. The molecular formula is C11H14NO6S-. The maximum atomic E-state index is 11.6.